The Hall–Kier alpha value is -4.19. The Morgan fingerprint density at radius 2 is 1.94 bits per heavy atom. The molecule has 1 fully saturated rings. The van der Waals surface area contributed by atoms with E-state index in [1.54, 1.807) is 29.2 Å². The number of nitrogens with one attached hydrogen (secondary N) is 2. The fourth-order valence-electron chi connectivity index (χ4n) is 4.74. The molecule has 1 saturated heterocycles. The van der Waals surface area contributed by atoms with Crippen LogP contribution in [0.5, 0.6) is 0 Å². The minimum absolute atomic E-state index is 0.201. The summed E-state index contributed by atoms with van der Waals surface area (Å²) in [5.74, 6) is -1.03. The lowest BCUT2D eigenvalue weighted by molar-refractivity contribution is -0.136. The molecule has 0 radical (unpaired) electrons. The first-order valence-corrected chi connectivity index (χ1v) is 10.8. The molecule has 0 saturated carbocycles. The Labute approximate surface area is 190 Å². The first-order chi connectivity index (χ1) is 15.9. The van der Waals surface area contributed by atoms with Crippen LogP contribution in [0.2, 0.25) is 0 Å². The molecular formula is C24H21N5O4. The number of fused-ring (bicyclic) bond motifs is 2. The lowest BCUT2D eigenvalue weighted by Gasteiger charge is -2.29. The molecule has 5 rings (SSSR count). The van der Waals surface area contributed by atoms with Crippen LogP contribution in [-0.4, -0.2) is 46.1 Å². The molecule has 2 N–H and O–H groups in total. The van der Waals surface area contributed by atoms with Gasteiger partial charge in [0.1, 0.15) is 6.04 Å². The molecule has 166 valence electrons. The highest BCUT2D eigenvalue weighted by atomic mass is 16.2. The lowest BCUT2D eigenvalue weighted by Crippen LogP contribution is -2.52. The number of amides is 5. The standard InChI is InChI=1S/C24H21N5O4/c25-11-14-2-1-3-15-12-28(9-8-18(14)15)24(33)26-17-4-5-19-16(10-17)13-29(23(19)32)20-6-7-21(30)27-22(20)31/h1-5,10,20H,6-9,12-13H2,(H,26,33)(H,27,30,31). The zero-order valence-electron chi connectivity index (χ0n) is 17.8. The van der Waals surface area contributed by atoms with E-state index in [0.717, 1.165) is 16.7 Å². The Balaban J connectivity index is 1.28. The van der Waals surface area contributed by atoms with Crippen LogP contribution in [0, 0.1) is 11.3 Å². The molecule has 0 aromatic heterocycles. The number of hydrogen-bond acceptors (Lipinski definition) is 5. The monoisotopic (exact) mass is 443 g/mol. The van der Waals surface area contributed by atoms with Crippen LogP contribution in [-0.2, 0) is 29.1 Å². The topological polar surface area (TPSA) is 123 Å². The number of nitriles is 1. The third kappa shape index (κ3) is 3.69. The van der Waals surface area contributed by atoms with Crippen molar-refractivity contribution in [1.29, 1.82) is 5.26 Å². The molecule has 1 unspecified atom stereocenters. The summed E-state index contributed by atoms with van der Waals surface area (Å²) in [6.07, 6.45) is 1.12. The number of piperidine rings is 1. The number of urea groups is 1. The van der Waals surface area contributed by atoms with Gasteiger partial charge in [0, 0.05) is 37.3 Å². The van der Waals surface area contributed by atoms with Gasteiger partial charge in [-0.05, 0) is 53.8 Å². The quantitative estimate of drug-likeness (QED) is 0.687. The molecule has 2 aromatic rings. The number of carbonyl (C=O) groups is 4. The zero-order valence-corrected chi connectivity index (χ0v) is 17.8. The molecule has 5 amide bonds. The Bertz CT molecular complexity index is 1250. The highest BCUT2D eigenvalue weighted by Gasteiger charge is 2.39. The van der Waals surface area contributed by atoms with Gasteiger partial charge in [0.2, 0.25) is 11.8 Å². The second kappa shape index (κ2) is 8.06. The van der Waals surface area contributed by atoms with E-state index in [9.17, 15) is 24.4 Å². The van der Waals surface area contributed by atoms with E-state index in [-0.39, 0.29) is 30.8 Å². The summed E-state index contributed by atoms with van der Waals surface area (Å²) in [7, 11) is 0. The highest BCUT2D eigenvalue weighted by molar-refractivity contribution is 6.05. The van der Waals surface area contributed by atoms with E-state index in [4.69, 9.17) is 0 Å². The fourth-order valence-corrected chi connectivity index (χ4v) is 4.74. The van der Waals surface area contributed by atoms with Gasteiger partial charge in [-0.25, -0.2) is 4.79 Å². The fraction of sp³-hybridized carbons (Fsp3) is 0.292. The van der Waals surface area contributed by atoms with E-state index in [1.807, 2.05) is 12.1 Å². The second-order valence-corrected chi connectivity index (χ2v) is 8.43. The third-order valence-corrected chi connectivity index (χ3v) is 6.45. The summed E-state index contributed by atoms with van der Waals surface area (Å²) in [5, 5.41) is 14.5. The van der Waals surface area contributed by atoms with E-state index >= 15 is 0 Å². The first kappa shape index (κ1) is 20.7. The van der Waals surface area contributed by atoms with Crippen LogP contribution >= 0.6 is 0 Å². The van der Waals surface area contributed by atoms with Gasteiger partial charge in [0.25, 0.3) is 5.91 Å². The maximum Gasteiger partial charge on any atom is 0.322 e. The maximum absolute atomic E-state index is 12.9. The van der Waals surface area contributed by atoms with Crippen molar-refractivity contribution in [2.24, 2.45) is 0 Å². The van der Waals surface area contributed by atoms with Crippen LogP contribution in [0.15, 0.2) is 36.4 Å². The number of anilines is 1. The van der Waals surface area contributed by atoms with Crippen LogP contribution < -0.4 is 10.6 Å². The van der Waals surface area contributed by atoms with Crippen molar-refractivity contribution in [3.05, 3.63) is 64.2 Å². The molecule has 2 aromatic carbocycles. The summed E-state index contributed by atoms with van der Waals surface area (Å²) in [6.45, 7) is 1.17. The first-order valence-electron chi connectivity index (χ1n) is 10.8. The number of benzene rings is 2. The zero-order chi connectivity index (χ0) is 23.1. The Morgan fingerprint density at radius 1 is 1.09 bits per heavy atom. The molecule has 0 bridgehead atoms. The number of hydrogen-bond donors (Lipinski definition) is 2. The van der Waals surface area contributed by atoms with Crippen LogP contribution in [0.1, 0.15) is 45.5 Å². The van der Waals surface area contributed by atoms with Gasteiger partial charge in [0.15, 0.2) is 0 Å². The average molecular weight is 443 g/mol. The molecule has 1 atom stereocenters. The van der Waals surface area contributed by atoms with Gasteiger partial charge in [-0.15, -0.1) is 0 Å². The second-order valence-electron chi connectivity index (χ2n) is 8.43. The van der Waals surface area contributed by atoms with E-state index in [0.29, 0.717) is 42.7 Å². The SMILES string of the molecule is N#Cc1cccc2c1CCN(C(=O)Nc1ccc3c(c1)CN(C1CCC(=O)NC1=O)C3=O)C2. The molecule has 9 nitrogen and oxygen atoms in total. The predicted molar refractivity (Wildman–Crippen MR) is 117 cm³/mol. The average Bonchev–Trinajstić information content (AvgIpc) is 3.13. The minimum atomic E-state index is -0.674. The number of nitrogens with zero attached hydrogens (tertiary/aromatic N) is 3. The molecule has 0 aliphatic carbocycles. The Morgan fingerprint density at radius 3 is 2.73 bits per heavy atom. The van der Waals surface area contributed by atoms with Crippen molar-refractivity contribution in [3.63, 3.8) is 0 Å². The van der Waals surface area contributed by atoms with Gasteiger partial charge >= 0.3 is 6.03 Å². The third-order valence-electron chi connectivity index (χ3n) is 6.45. The van der Waals surface area contributed by atoms with Gasteiger partial charge in [-0.1, -0.05) is 12.1 Å². The molecule has 3 heterocycles. The van der Waals surface area contributed by atoms with Gasteiger partial charge in [-0.3, -0.25) is 19.7 Å². The summed E-state index contributed by atoms with van der Waals surface area (Å²) in [4.78, 5) is 52.5. The van der Waals surface area contributed by atoms with Gasteiger partial charge in [0.05, 0.1) is 11.6 Å². The molecular weight excluding hydrogens is 422 g/mol. The minimum Gasteiger partial charge on any atom is -0.322 e. The van der Waals surface area contributed by atoms with Crippen molar-refractivity contribution in [2.45, 2.75) is 38.4 Å². The van der Waals surface area contributed by atoms with Crippen molar-refractivity contribution >= 4 is 29.4 Å². The molecule has 3 aliphatic heterocycles. The molecule has 9 heteroatoms. The number of rotatable bonds is 2. The van der Waals surface area contributed by atoms with E-state index in [2.05, 4.69) is 16.7 Å². The lowest BCUT2D eigenvalue weighted by atomic mass is 9.95. The van der Waals surface area contributed by atoms with Crippen molar-refractivity contribution in [1.82, 2.24) is 15.1 Å². The summed E-state index contributed by atoms with van der Waals surface area (Å²) in [5.41, 5.74) is 4.40. The summed E-state index contributed by atoms with van der Waals surface area (Å²) in [6, 6.07) is 11.9. The molecule has 3 aliphatic rings. The van der Waals surface area contributed by atoms with Crippen molar-refractivity contribution < 1.29 is 19.2 Å². The normalized spacial score (nSPS) is 19.5. The summed E-state index contributed by atoms with van der Waals surface area (Å²) >= 11 is 0. The summed E-state index contributed by atoms with van der Waals surface area (Å²) < 4.78 is 0. The van der Waals surface area contributed by atoms with E-state index < -0.39 is 11.9 Å². The highest BCUT2D eigenvalue weighted by Crippen LogP contribution is 2.30. The van der Waals surface area contributed by atoms with Crippen molar-refractivity contribution in [3.8, 4) is 6.07 Å². The van der Waals surface area contributed by atoms with Gasteiger partial charge in [-0.2, -0.15) is 5.26 Å². The largest absolute Gasteiger partial charge is 0.322 e. The maximum atomic E-state index is 12.9. The van der Waals surface area contributed by atoms with Gasteiger partial charge < -0.3 is 15.1 Å². The van der Waals surface area contributed by atoms with E-state index in [1.165, 1.54) is 4.90 Å². The molecule has 33 heavy (non-hydrogen) atoms. The Kier molecular flexibility index (Phi) is 5.05. The van der Waals surface area contributed by atoms with Crippen molar-refractivity contribution in [2.75, 3.05) is 11.9 Å². The van der Waals surface area contributed by atoms with Crippen LogP contribution in [0.25, 0.3) is 0 Å². The number of carbonyl (C=O) groups excluding carboxylic acids is 4. The van der Waals surface area contributed by atoms with Crippen LogP contribution in [0.4, 0.5) is 10.5 Å². The number of imide groups is 1. The predicted octanol–water partition coefficient (Wildman–Crippen LogP) is 1.91. The smallest absolute Gasteiger partial charge is 0.322 e. The van der Waals surface area contributed by atoms with Crippen LogP contribution in [0.3, 0.4) is 0 Å². The molecule has 0 spiro atoms.